The Morgan fingerprint density at radius 3 is 2.40 bits per heavy atom. The molecular formula is C25H11ClF6N6O2. The van der Waals surface area contributed by atoms with Gasteiger partial charge in [-0.2, -0.15) is 36.5 Å². The highest BCUT2D eigenvalue weighted by Gasteiger charge is 2.43. The lowest BCUT2D eigenvalue weighted by molar-refractivity contribution is -0.143. The highest BCUT2D eigenvalue weighted by molar-refractivity contribution is 6.34. The highest BCUT2D eigenvalue weighted by atomic mass is 35.5. The van der Waals surface area contributed by atoms with Crippen molar-refractivity contribution >= 4 is 50.6 Å². The van der Waals surface area contributed by atoms with Crippen LogP contribution >= 0.6 is 11.6 Å². The maximum Gasteiger partial charge on any atom is 0.434 e. The first kappa shape index (κ1) is 25.5. The number of amides is 1. The number of fused-ring (bicyclic) bond motifs is 1. The lowest BCUT2D eigenvalue weighted by Crippen LogP contribution is -2.21. The van der Waals surface area contributed by atoms with Gasteiger partial charge in [0.1, 0.15) is 16.7 Å². The van der Waals surface area contributed by atoms with Crippen LogP contribution in [0.2, 0.25) is 5.02 Å². The number of carbonyl (C=O) groups excluding carboxylic acids is 2. The average molecular weight is 577 g/mol. The van der Waals surface area contributed by atoms with E-state index in [1.54, 1.807) is 12.0 Å². The van der Waals surface area contributed by atoms with E-state index in [1.807, 2.05) is 0 Å². The van der Waals surface area contributed by atoms with Crippen molar-refractivity contribution in [2.24, 2.45) is 5.73 Å². The molecular weight excluding hydrogens is 566 g/mol. The van der Waals surface area contributed by atoms with Crippen LogP contribution in [0.15, 0.2) is 48.7 Å². The number of nitrogens with one attached hydrogen (secondary N) is 1. The van der Waals surface area contributed by atoms with Crippen LogP contribution < -0.4 is 11.1 Å². The number of aromatic nitrogens is 5. The summed E-state index contributed by atoms with van der Waals surface area (Å²) < 4.78 is 84.7. The van der Waals surface area contributed by atoms with Crippen LogP contribution in [0.1, 0.15) is 21.7 Å². The zero-order valence-electron chi connectivity index (χ0n) is 19.4. The third kappa shape index (κ3) is 3.64. The van der Waals surface area contributed by atoms with Gasteiger partial charge in [0.25, 0.3) is 5.91 Å². The highest BCUT2D eigenvalue weighted by Crippen LogP contribution is 2.41. The molecule has 0 saturated carbocycles. The zero-order chi connectivity index (χ0) is 28.7. The topological polar surface area (TPSA) is 111 Å². The fraction of sp³-hybridized carbons (Fsp3) is 0.0800. The minimum Gasteiger partial charge on any atom is -0.365 e. The number of benzene rings is 2. The van der Waals surface area contributed by atoms with Gasteiger partial charge in [-0.1, -0.05) is 29.8 Å². The number of H-pyrrole nitrogens is 1. The summed E-state index contributed by atoms with van der Waals surface area (Å²) >= 11 is 5.98. The molecule has 1 amide bonds. The predicted molar refractivity (Wildman–Crippen MR) is 131 cm³/mol. The molecule has 0 unspecified atom stereocenters. The molecule has 6 aromatic rings. The number of halogens is 7. The molecule has 3 N–H and O–H groups in total. The van der Waals surface area contributed by atoms with Crippen LogP contribution in [0.5, 0.6) is 0 Å². The first-order valence-electron chi connectivity index (χ1n) is 11.1. The Bertz CT molecular complexity index is 2100. The number of hydrogen-bond donors (Lipinski definition) is 2. The second kappa shape index (κ2) is 8.34. The molecule has 4 aromatic heterocycles. The minimum absolute atomic E-state index is 0.0921. The molecule has 15 heteroatoms. The Balaban J connectivity index is 1.68. The summed E-state index contributed by atoms with van der Waals surface area (Å²) in [6, 6.07) is 9.00. The standard InChI is InChI=1S/C25H11ClF6N6O2/c26-13-7-18(24(27,28)29)37-17(13)6-10(8-34-37)21-20(23(33)40)22(25(30,31)32)38(36-21)16-5-4-14-19-11(15(9-39)35-14)2-1-3-12(16)19/h1-8,35H,(H2,33,40). The first-order valence-corrected chi connectivity index (χ1v) is 11.5. The lowest BCUT2D eigenvalue weighted by atomic mass is 10.0. The van der Waals surface area contributed by atoms with Gasteiger partial charge in [0.05, 0.1) is 28.0 Å². The molecule has 8 nitrogen and oxygen atoms in total. The van der Waals surface area contributed by atoms with Crippen LogP contribution in [0.4, 0.5) is 26.3 Å². The summed E-state index contributed by atoms with van der Waals surface area (Å²) in [5.41, 5.74) is 0.910. The van der Waals surface area contributed by atoms with Crippen LogP contribution in [0, 0.1) is 0 Å². The second-order valence-corrected chi connectivity index (χ2v) is 9.13. The number of carbonyl (C=O) groups is 1. The van der Waals surface area contributed by atoms with E-state index in [0.29, 0.717) is 31.6 Å². The number of nitrogens with zero attached hydrogens (tertiary/aromatic N) is 4. The van der Waals surface area contributed by atoms with E-state index in [-0.39, 0.29) is 32.5 Å². The largest absolute Gasteiger partial charge is 0.434 e. The number of aromatic amines is 1. The summed E-state index contributed by atoms with van der Waals surface area (Å²) in [4.78, 5) is 26.7. The van der Waals surface area contributed by atoms with E-state index in [1.165, 1.54) is 24.3 Å². The van der Waals surface area contributed by atoms with Gasteiger partial charge < -0.3 is 10.7 Å². The molecule has 0 fully saturated rings. The number of primary amides is 1. The maximum atomic E-state index is 14.5. The average Bonchev–Trinajstić information content (AvgIpc) is 3.56. The molecule has 0 bridgehead atoms. The van der Waals surface area contributed by atoms with Crippen molar-refractivity contribution in [3.8, 4) is 16.9 Å². The number of nitrogens with two attached hydrogens (primary N) is 1. The van der Waals surface area contributed by atoms with E-state index in [2.05, 4.69) is 15.2 Å². The smallest absolute Gasteiger partial charge is 0.365 e. The normalized spacial score (nSPS) is 12.6. The van der Waals surface area contributed by atoms with Gasteiger partial charge in [-0.3, -0.25) is 4.79 Å². The van der Waals surface area contributed by atoms with Gasteiger partial charge in [-0.05, 0) is 24.3 Å². The van der Waals surface area contributed by atoms with Gasteiger partial charge in [-0.25, -0.2) is 14.0 Å². The Morgan fingerprint density at radius 1 is 1.02 bits per heavy atom. The maximum absolute atomic E-state index is 14.5. The van der Waals surface area contributed by atoms with Crippen LogP contribution in [-0.2, 0) is 17.1 Å². The van der Waals surface area contributed by atoms with E-state index < -0.39 is 40.9 Å². The summed E-state index contributed by atoms with van der Waals surface area (Å²) in [6.45, 7) is 0. The van der Waals surface area contributed by atoms with Crippen molar-refractivity contribution in [1.82, 2.24) is 24.4 Å². The molecule has 0 aliphatic carbocycles. The number of alkyl halides is 6. The summed E-state index contributed by atoms with van der Waals surface area (Å²) in [6.07, 6.45) is -9.15. The SMILES string of the molecule is NC(=O)c1c(-c2cnn3c(C(F)(F)F)cc(Cl)c3c2)nn(-c2ccc3[nH]c(=C=O)c4cccc2c34)c1C(F)(F)F. The summed E-state index contributed by atoms with van der Waals surface area (Å²) in [5.74, 6) is 0.265. The van der Waals surface area contributed by atoms with E-state index in [0.717, 1.165) is 12.3 Å². The fourth-order valence-corrected chi connectivity index (χ4v) is 5.08. The van der Waals surface area contributed by atoms with Gasteiger partial charge in [0.15, 0.2) is 11.6 Å². The van der Waals surface area contributed by atoms with Gasteiger partial charge >= 0.3 is 12.4 Å². The van der Waals surface area contributed by atoms with Crippen molar-refractivity contribution in [1.29, 1.82) is 0 Å². The third-order valence-electron chi connectivity index (χ3n) is 6.41. The lowest BCUT2D eigenvalue weighted by Gasteiger charge is -2.13. The van der Waals surface area contributed by atoms with Gasteiger partial charge in [0, 0.05) is 27.2 Å². The molecule has 6 rings (SSSR count). The molecule has 40 heavy (non-hydrogen) atoms. The molecule has 0 aliphatic heterocycles. The van der Waals surface area contributed by atoms with Crippen molar-refractivity contribution in [3.05, 3.63) is 76.0 Å². The van der Waals surface area contributed by atoms with Crippen LogP contribution in [-0.4, -0.2) is 36.2 Å². The fourth-order valence-electron chi connectivity index (χ4n) is 4.84. The van der Waals surface area contributed by atoms with Crippen molar-refractivity contribution in [3.63, 3.8) is 0 Å². The van der Waals surface area contributed by atoms with E-state index in [4.69, 9.17) is 17.3 Å². The minimum atomic E-state index is -5.15. The molecule has 2 aromatic carbocycles. The zero-order valence-corrected chi connectivity index (χ0v) is 20.2. The second-order valence-electron chi connectivity index (χ2n) is 8.73. The molecule has 0 saturated heterocycles. The number of hydrogen-bond acceptors (Lipinski definition) is 4. The summed E-state index contributed by atoms with van der Waals surface area (Å²) in [5, 5.41) is 8.57. The van der Waals surface area contributed by atoms with Gasteiger partial charge in [0.2, 0.25) is 0 Å². The molecule has 0 spiro atoms. The van der Waals surface area contributed by atoms with Crippen molar-refractivity contribution < 1.29 is 35.9 Å². The molecule has 4 heterocycles. The Morgan fingerprint density at radius 2 is 1.75 bits per heavy atom. The quantitative estimate of drug-likeness (QED) is 0.294. The molecule has 0 radical (unpaired) electrons. The Hall–Kier alpha value is -4.81. The molecule has 0 atom stereocenters. The monoisotopic (exact) mass is 576 g/mol. The third-order valence-corrected chi connectivity index (χ3v) is 6.71. The van der Waals surface area contributed by atoms with E-state index in [9.17, 15) is 35.9 Å². The number of rotatable bonds is 3. The van der Waals surface area contributed by atoms with Crippen LogP contribution in [0.3, 0.4) is 0 Å². The predicted octanol–water partition coefficient (Wildman–Crippen LogP) is 4.83. The van der Waals surface area contributed by atoms with Crippen LogP contribution in [0.25, 0.3) is 44.1 Å². The van der Waals surface area contributed by atoms with Crippen molar-refractivity contribution in [2.75, 3.05) is 0 Å². The van der Waals surface area contributed by atoms with Crippen molar-refractivity contribution in [2.45, 2.75) is 12.4 Å². The molecule has 0 aliphatic rings. The van der Waals surface area contributed by atoms with Gasteiger partial charge in [-0.15, -0.1) is 0 Å². The summed E-state index contributed by atoms with van der Waals surface area (Å²) in [7, 11) is 0. The molecule has 202 valence electrons. The van der Waals surface area contributed by atoms with E-state index >= 15 is 0 Å². The Kier molecular flexibility index (Phi) is 5.31. The first-order chi connectivity index (χ1) is 18.8. The Labute approximate surface area is 222 Å².